The molecule has 0 aliphatic rings. The number of nitrogens with one attached hydrogen (secondary N) is 2. The van der Waals surface area contributed by atoms with Crippen LogP contribution in [0.2, 0.25) is 0 Å². The number of esters is 1. The molecular weight excluding hydrogens is 420 g/mol. The van der Waals surface area contributed by atoms with E-state index < -0.39 is 28.0 Å². The van der Waals surface area contributed by atoms with Crippen LogP contribution in [0.5, 0.6) is 0 Å². The summed E-state index contributed by atoms with van der Waals surface area (Å²) in [4.78, 5) is 32.1. The molecule has 1 amide bonds. The van der Waals surface area contributed by atoms with Crippen LogP contribution < -0.4 is 10.0 Å². The Labute approximate surface area is 182 Å². The zero-order valence-electron chi connectivity index (χ0n) is 18.6. The van der Waals surface area contributed by atoms with Crippen LogP contribution in [0.3, 0.4) is 0 Å². The normalized spacial score (nSPS) is 12.3. The lowest BCUT2D eigenvalue weighted by atomic mass is 9.95. The fourth-order valence-electron chi connectivity index (χ4n) is 3.11. The van der Waals surface area contributed by atoms with Crippen molar-refractivity contribution in [3.05, 3.63) is 46.3 Å². The standard InChI is InChI=1S/C21H28N4O5S/c1-12-13(2)15(4)19(16(5)14(12)3)31(28,29)24-11-8-18(26)30-17(6)20(27)25-21-22-9-7-10-23-21/h7,9-10,17,24H,8,11H2,1-6H3,(H,22,23,25,27). The molecule has 2 N–H and O–H groups in total. The summed E-state index contributed by atoms with van der Waals surface area (Å²) in [7, 11) is -3.82. The van der Waals surface area contributed by atoms with Gasteiger partial charge in [0.25, 0.3) is 5.91 Å². The molecule has 0 aliphatic heterocycles. The van der Waals surface area contributed by atoms with Gasteiger partial charge in [0.1, 0.15) is 0 Å². The van der Waals surface area contributed by atoms with E-state index in [1.807, 2.05) is 20.8 Å². The molecule has 0 fully saturated rings. The van der Waals surface area contributed by atoms with E-state index in [-0.39, 0.29) is 23.8 Å². The van der Waals surface area contributed by atoms with Crippen molar-refractivity contribution in [3.8, 4) is 0 Å². The van der Waals surface area contributed by atoms with E-state index in [0.29, 0.717) is 11.1 Å². The Balaban J connectivity index is 1.95. The Morgan fingerprint density at radius 3 is 2.03 bits per heavy atom. The highest BCUT2D eigenvalue weighted by Gasteiger charge is 2.24. The first kappa shape index (κ1) is 24.4. The highest BCUT2D eigenvalue weighted by atomic mass is 32.2. The van der Waals surface area contributed by atoms with Crippen LogP contribution in [0.25, 0.3) is 0 Å². The predicted molar refractivity (Wildman–Crippen MR) is 116 cm³/mol. The maximum Gasteiger partial charge on any atom is 0.307 e. The monoisotopic (exact) mass is 448 g/mol. The third-order valence-corrected chi connectivity index (χ3v) is 7.03. The summed E-state index contributed by atoms with van der Waals surface area (Å²) in [5, 5.41) is 2.43. The lowest BCUT2D eigenvalue weighted by Crippen LogP contribution is -2.32. The second-order valence-corrected chi connectivity index (χ2v) is 9.00. The number of anilines is 1. The van der Waals surface area contributed by atoms with Crippen LogP contribution >= 0.6 is 0 Å². The van der Waals surface area contributed by atoms with Crippen LogP contribution in [0.15, 0.2) is 23.4 Å². The van der Waals surface area contributed by atoms with E-state index in [9.17, 15) is 18.0 Å². The zero-order valence-corrected chi connectivity index (χ0v) is 19.4. The predicted octanol–water partition coefficient (Wildman–Crippen LogP) is 2.26. The average Bonchev–Trinajstić information content (AvgIpc) is 2.71. The highest BCUT2D eigenvalue weighted by molar-refractivity contribution is 7.89. The summed E-state index contributed by atoms with van der Waals surface area (Å²) >= 11 is 0. The molecule has 0 saturated heterocycles. The van der Waals surface area contributed by atoms with Crippen molar-refractivity contribution in [1.29, 1.82) is 0 Å². The van der Waals surface area contributed by atoms with Crippen molar-refractivity contribution in [1.82, 2.24) is 14.7 Å². The van der Waals surface area contributed by atoms with Crippen molar-refractivity contribution in [2.75, 3.05) is 11.9 Å². The van der Waals surface area contributed by atoms with E-state index in [4.69, 9.17) is 4.74 Å². The fraction of sp³-hybridized carbons (Fsp3) is 0.429. The minimum atomic E-state index is -3.82. The molecule has 0 bridgehead atoms. The molecule has 1 aromatic heterocycles. The quantitative estimate of drug-likeness (QED) is 0.593. The maximum atomic E-state index is 12.9. The average molecular weight is 449 g/mol. The molecule has 0 saturated carbocycles. The number of carbonyl (C=O) groups is 2. The van der Waals surface area contributed by atoms with Crippen molar-refractivity contribution in [3.63, 3.8) is 0 Å². The van der Waals surface area contributed by atoms with Crippen LogP contribution in [0, 0.1) is 34.6 Å². The maximum absolute atomic E-state index is 12.9. The number of hydrogen-bond donors (Lipinski definition) is 2. The Kier molecular flexibility index (Phi) is 7.85. The van der Waals surface area contributed by atoms with Gasteiger partial charge in [0.05, 0.1) is 11.3 Å². The molecule has 1 heterocycles. The van der Waals surface area contributed by atoms with E-state index in [1.165, 1.54) is 19.3 Å². The third-order valence-electron chi connectivity index (χ3n) is 5.30. The molecule has 1 atom stereocenters. The van der Waals surface area contributed by atoms with Crippen LogP contribution in [0.4, 0.5) is 5.95 Å². The molecule has 2 rings (SSSR count). The van der Waals surface area contributed by atoms with E-state index in [1.54, 1.807) is 19.9 Å². The summed E-state index contributed by atoms with van der Waals surface area (Å²) in [6, 6.07) is 1.60. The van der Waals surface area contributed by atoms with Crippen molar-refractivity contribution in [2.45, 2.75) is 59.0 Å². The molecule has 31 heavy (non-hydrogen) atoms. The Bertz CT molecular complexity index is 1060. The third kappa shape index (κ3) is 5.86. The minimum absolute atomic E-state index is 0.0950. The van der Waals surface area contributed by atoms with E-state index in [2.05, 4.69) is 20.0 Å². The van der Waals surface area contributed by atoms with Gasteiger partial charge in [0.2, 0.25) is 16.0 Å². The SMILES string of the molecule is Cc1c(C)c(C)c(S(=O)(=O)NCCC(=O)OC(C)C(=O)Nc2ncccn2)c(C)c1C. The number of amides is 1. The minimum Gasteiger partial charge on any atom is -0.452 e. The molecule has 10 heteroatoms. The Morgan fingerprint density at radius 1 is 0.968 bits per heavy atom. The van der Waals surface area contributed by atoms with Crippen molar-refractivity contribution >= 4 is 27.8 Å². The zero-order chi connectivity index (χ0) is 23.3. The molecule has 168 valence electrons. The number of benzene rings is 1. The van der Waals surface area contributed by atoms with Gasteiger partial charge in [-0.3, -0.25) is 14.9 Å². The van der Waals surface area contributed by atoms with Gasteiger partial charge < -0.3 is 4.74 Å². The lowest BCUT2D eigenvalue weighted by Gasteiger charge is -2.19. The van der Waals surface area contributed by atoms with Gasteiger partial charge in [0.15, 0.2) is 6.10 Å². The summed E-state index contributed by atoms with van der Waals surface area (Å²) in [5.74, 6) is -1.20. The topological polar surface area (TPSA) is 127 Å². The van der Waals surface area contributed by atoms with E-state index >= 15 is 0 Å². The first-order chi connectivity index (χ1) is 14.5. The molecular formula is C21H28N4O5S. The number of nitrogens with zero attached hydrogens (tertiary/aromatic N) is 2. The highest BCUT2D eigenvalue weighted by Crippen LogP contribution is 2.29. The summed E-state index contributed by atoms with van der Waals surface area (Å²) in [5.41, 5.74) is 4.27. The first-order valence-electron chi connectivity index (χ1n) is 9.79. The summed E-state index contributed by atoms with van der Waals surface area (Å²) in [6.07, 6.45) is 1.62. The number of rotatable bonds is 8. The first-order valence-corrected chi connectivity index (χ1v) is 11.3. The van der Waals surface area contributed by atoms with Crippen molar-refractivity contribution < 1.29 is 22.7 Å². The molecule has 9 nitrogen and oxygen atoms in total. The van der Waals surface area contributed by atoms with Crippen LogP contribution in [-0.4, -0.2) is 42.9 Å². The Hall–Kier alpha value is -2.85. The number of ether oxygens (including phenoxy) is 1. The van der Waals surface area contributed by atoms with Crippen LogP contribution in [0.1, 0.15) is 41.2 Å². The smallest absolute Gasteiger partial charge is 0.307 e. The second kappa shape index (κ2) is 9.97. The van der Waals surface area contributed by atoms with E-state index in [0.717, 1.165) is 16.7 Å². The summed E-state index contributed by atoms with van der Waals surface area (Å²) in [6.45, 7) is 10.5. The number of aromatic nitrogens is 2. The lowest BCUT2D eigenvalue weighted by molar-refractivity contribution is -0.153. The number of carbonyl (C=O) groups excluding carboxylic acids is 2. The second-order valence-electron chi connectivity index (χ2n) is 7.30. The molecule has 2 aromatic rings. The largest absolute Gasteiger partial charge is 0.452 e. The number of sulfonamides is 1. The van der Waals surface area contributed by atoms with Gasteiger partial charge in [-0.2, -0.15) is 0 Å². The van der Waals surface area contributed by atoms with Gasteiger partial charge in [-0.25, -0.2) is 23.1 Å². The van der Waals surface area contributed by atoms with Gasteiger partial charge in [-0.05, 0) is 75.4 Å². The van der Waals surface area contributed by atoms with Crippen molar-refractivity contribution in [2.24, 2.45) is 0 Å². The van der Waals surface area contributed by atoms with Gasteiger partial charge >= 0.3 is 5.97 Å². The molecule has 0 aliphatic carbocycles. The Morgan fingerprint density at radius 2 is 1.48 bits per heavy atom. The van der Waals surface area contributed by atoms with Gasteiger partial charge in [-0.1, -0.05) is 0 Å². The number of hydrogen-bond acceptors (Lipinski definition) is 7. The fourth-order valence-corrected chi connectivity index (χ4v) is 4.74. The molecule has 1 unspecified atom stereocenters. The molecule has 0 spiro atoms. The van der Waals surface area contributed by atoms with Crippen LogP contribution in [-0.2, 0) is 24.3 Å². The molecule has 0 radical (unpaired) electrons. The van der Waals surface area contributed by atoms with Gasteiger partial charge in [0, 0.05) is 18.9 Å². The molecule has 1 aromatic carbocycles. The summed E-state index contributed by atoms with van der Waals surface area (Å²) < 4.78 is 33.2. The van der Waals surface area contributed by atoms with Gasteiger partial charge in [-0.15, -0.1) is 0 Å².